The zero-order valence-corrected chi connectivity index (χ0v) is 9.97. The summed E-state index contributed by atoms with van der Waals surface area (Å²) >= 11 is 0. The predicted molar refractivity (Wildman–Crippen MR) is 70.2 cm³/mol. The van der Waals surface area contributed by atoms with Gasteiger partial charge in [0.2, 0.25) is 0 Å². The fourth-order valence-electron chi connectivity index (χ4n) is 1.72. The summed E-state index contributed by atoms with van der Waals surface area (Å²) in [7, 11) is 0. The fourth-order valence-corrected chi connectivity index (χ4v) is 1.72. The Morgan fingerprint density at radius 1 is 1.39 bits per heavy atom. The van der Waals surface area contributed by atoms with Gasteiger partial charge in [0.05, 0.1) is 10.9 Å². The second kappa shape index (κ2) is 5.27. The molecular weight excluding hydrogens is 228 g/mol. The Balaban J connectivity index is 2.37. The number of aromatic nitrogens is 3. The molecule has 92 valence electrons. The summed E-state index contributed by atoms with van der Waals surface area (Å²) in [4.78, 5) is 17.9. The lowest BCUT2D eigenvalue weighted by Crippen LogP contribution is -2.31. The molecule has 0 unspecified atom stereocenters. The van der Waals surface area contributed by atoms with Gasteiger partial charge >= 0.3 is 0 Å². The van der Waals surface area contributed by atoms with Crippen molar-refractivity contribution in [1.82, 2.24) is 20.1 Å². The highest BCUT2D eigenvalue weighted by Crippen LogP contribution is 2.15. The van der Waals surface area contributed by atoms with Crippen LogP contribution >= 0.6 is 0 Å². The largest absolute Gasteiger partial charge is 0.330 e. The van der Waals surface area contributed by atoms with Gasteiger partial charge < -0.3 is 4.90 Å². The van der Waals surface area contributed by atoms with Crippen molar-refractivity contribution in [1.29, 1.82) is 0 Å². The molecule has 0 aliphatic carbocycles. The molecule has 2 aromatic heterocycles. The average molecular weight is 242 g/mol. The molecule has 0 atom stereocenters. The van der Waals surface area contributed by atoms with E-state index in [1.807, 2.05) is 0 Å². The van der Waals surface area contributed by atoms with Crippen molar-refractivity contribution in [2.45, 2.75) is 0 Å². The molecule has 0 aromatic carbocycles. The molecule has 1 amide bonds. The first-order valence-corrected chi connectivity index (χ1v) is 5.57. The minimum absolute atomic E-state index is 0.158. The van der Waals surface area contributed by atoms with Gasteiger partial charge in [0.15, 0.2) is 5.69 Å². The number of aromatic amines is 1. The highest BCUT2D eigenvalue weighted by Gasteiger charge is 2.19. The number of pyridine rings is 1. The van der Waals surface area contributed by atoms with Crippen molar-refractivity contribution in [2.75, 3.05) is 13.1 Å². The lowest BCUT2D eigenvalue weighted by Gasteiger charge is -2.17. The maximum atomic E-state index is 12.3. The van der Waals surface area contributed by atoms with Gasteiger partial charge in [0.25, 0.3) is 5.91 Å². The second-order valence-electron chi connectivity index (χ2n) is 3.78. The van der Waals surface area contributed by atoms with Crippen molar-refractivity contribution in [3.8, 4) is 0 Å². The molecule has 0 aliphatic rings. The number of carbonyl (C=O) groups is 1. The topological polar surface area (TPSA) is 61.9 Å². The predicted octanol–water partition coefficient (Wildman–Crippen LogP) is 1.77. The number of carbonyl (C=O) groups excluding carboxylic acids is 1. The van der Waals surface area contributed by atoms with E-state index in [1.54, 1.807) is 35.5 Å². The molecule has 0 saturated carbocycles. The molecular formula is C13H14N4O. The van der Waals surface area contributed by atoms with E-state index in [0.717, 1.165) is 10.9 Å². The van der Waals surface area contributed by atoms with Crippen LogP contribution in [0.25, 0.3) is 10.9 Å². The Hall–Kier alpha value is -2.43. The van der Waals surface area contributed by atoms with Crippen LogP contribution in [0, 0.1) is 0 Å². The SMILES string of the molecule is C=CCN(CC=C)C(=O)c1n[nH]c2ccncc12. The van der Waals surface area contributed by atoms with E-state index in [1.165, 1.54) is 0 Å². The molecule has 2 rings (SSSR count). The molecule has 5 nitrogen and oxygen atoms in total. The molecule has 0 saturated heterocycles. The van der Waals surface area contributed by atoms with E-state index in [4.69, 9.17) is 0 Å². The van der Waals surface area contributed by atoms with Crippen molar-refractivity contribution >= 4 is 16.8 Å². The Morgan fingerprint density at radius 3 is 2.78 bits per heavy atom. The lowest BCUT2D eigenvalue weighted by atomic mass is 10.2. The van der Waals surface area contributed by atoms with E-state index in [2.05, 4.69) is 28.3 Å². The van der Waals surface area contributed by atoms with Gasteiger partial charge in [-0.1, -0.05) is 12.2 Å². The molecule has 5 heteroatoms. The molecule has 0 spiro atoms. The number of fused-ring (bicyclic) bond motifs is 1. The molecule has 1 N–H and O–H groups in total. The standard InChI is InChI=1S/C13H14N4O/c1-3-7-17(8-4-2)13(18)12-10-9-14-6-5-11(10)15-16-12/h3-6,9H,1-2,7-8H2,(H,15,16). The first kappa shape index (κ1) is 12.0. The number of nitrogens with zero attached hydrogens (tertiary/aromatic N) is 3. The van der Waals surface area contributed by atoms with Crippen LogP contribution in [0.15, 0.2) is 43.8 Å². The summed E-state index contributed by atoms with van der Waals surface area (Å²) in [6.45, 7) is 8.20. The van der Waals surface area contributed by atoms with E-state index in [-0.39, 0.29) is 5.91 Å². The first-order chi connectivity index (χ1) is 8.77. The van der Waals surface area contributed by atoms with Gasteiger partial charge in [0.1, 0.15) is 0 Å². The quantitative estimate of drug-likeness (QED) is 0.813. The minimum atomic E-state index is -0.158. The van der Waals surface area contributed by atoms with Crippen LogP contribution in [0.3, 0.4) is 0 Å². The molecule has 18 heavy (non-hydrogen) atoms. The monoisotopic (exact) mass is 242 g/mol. The smallest absolute Gasteiger partial charge is 0.275 e. The highest BCUT2D eigenvalue weighted by atomic mass is 16.2. The molecule has 0 aliphatic heterocycles. The van der Waals surface area contributed by atoms with Crippen LogP contribution in [0.4, 0.5) is 0 Å². The average Bonchev–Trinajstić information content (AvgIpc) is 2.81. The van der Waals surface area contributed by atoms with Crippen molar-refractivity contribution in [3.05, 3.63) is 49.5 Å². The number of nitrogens with one attached hydrogen (secondary N) is 1. The van der Waals surface area contributed by atoms with Crippen molar-refractivity contribution < 1.29 is 4.79 Å². The number of hydrogen-bond donors (Lipinski definition) is 1. The summed E-state index contributed by atoms with van der Waals surface area (Å²) in [5.41, 5.74) is 1.17. The normalized spacial score (nSPS) is 10.2. The third-order valence-electron chi connectivity index (χ3n) is 2.55. The number of rotatable bonds is 5. The zero-order valence-electron chi connectivity index (χ0n) is 9.97. The summed E-state index contributed by atoms with van der Waals surface area (Å²) in [6.07, 6.45) is 6.63. The maximum absolute atomic E-state index is 12.3. The lowest BCUT2D eigenvalue weighted by molar-refractivity contribution is 0.0787. The first-order valence-electron chi connectivity index (χ1n) is 5.57. The van der Waals surface area contributed by atoms with Crippen LogP contribution in [0.2, 0.25) is 0 Å². The van der Waals surface area contributed by atoms with Gasteiger partial charge in [-0.05, 0) is 6.07 Å². The molecule has 0 bridgehead atoms. The van der Waals surface area contributed by atoms with E-state index < -0.39 is 0 Å². The second-order valence-corrected chi connectivity index (χ2v) is 3.78. The van der Waals surface area contributed by atoms with Crippen molar-refractivity contribution in [3.63, 3.8) is 0 Å². The Labute approximate surface area is 105 Å². The number of amides is 1. The van der Waals surface area contributed by atoms with E-state index in [0.29, 0.717) is 18.8 Å². The highest BCUT2D eigenvalue weighted by molar-refractivity contribution is 6.04. The van der Waals surface area contributed by atoms with Gasteiger partial charge in [0, 0.05) is 25.5 Å². The van der Waals surface area contributed by atoms with Gasteiger partial charge in [-0.15, -0.1) is 13.2 Å². The van der Waals surface area contributed by atoms with E-state index in [9.17, 15) is 4.79 Å². The van der Waals surface area contributed by atoms with Gasteiger partial charge in [-0.2, -0.15) is 5.10 Å². The van der Waals surface area contributed by atoms with Crippen LogP contribution in [0.1, 0.15) is 10.5 Å². The summed E-state index contributed by atoms with van der Waals surface area (Å²) in [5.74, 6) is -0.158. The molecule has 0 radical (unpaired) electrons. The van der Waals surface area contributed by atoms with Crippen LogP contribution < -0.4 is 0 Å². The van der Waals surface area contributed by atoms with Gasteiger partial charge in [-0.25, -0.2) is 0 Å². The Kier molecular flexibility index (Phi) is 3.52. The van der Waals surface area contributed by atoms with Crippen molar-refractivity contribution in [2.24, 2.45) is 0 Å². The maximum Gasteiger partial charge on any atom is 0.275 e. The Morgan fingerprint density at radius 2 is 2.11 bits per heavy atom. The molecule has 0 fully saturated rings. The third kappa shape index (κ3) is 2.15. The third-order valence-corrected chi connectivity index (χ3v) is 2.55. The Bertz CT molecular complexity index is 577. The number of hydrogen-bond acceptors (Lipinski definition) is 3. The van der Waals surface area contributed by atoms with Gasteiger partial charge in [-0.3, -0.25) is 14.9 Å². The zero-order chi connectivity index (χ0) is 13.0. The molecule has 2 aromatic rings. The number of H-pyrrole nitrogens is 1. The minimum Gasteiger partial charge on any atom is -0.330 e. The van der Waals surface area contributed by atoms with Crippen LogP contribution in [0.5, 0.6) is 0 Å². The fraction of sp³-hybridized carbons (Fsp3) is 0.154. The summed E-state index contributed by atoms with van der Waals surface area (Å²) in [5, 5.41) is 7.60. The van der Waals surface area contributed by atoms with Crippen LogP contribution in [-0.4, -0.2) is 39.1 Å². The van der Waals surface area contributed by atoms with Crippen LogP contribution in [-0.2, 0) is 0 Å². The van der Waals surface area contributed by atoms with E-state index >= 15 is 0 Å². The summed E-state index contributed by atoms with van der Waals surface area (Å²) in [6, 6.07) is 1.78. The summed E-state index contributed by atoms with van der Waals surface area (Å²) < 4.78 is 0. The molecule has 2 heterocycles.